The Labute approximate surface area is 200 Å². The Balaban J connectivity index is 1.11. The van der Waals surface area contributed by atoms with Crippen molar-refractivity contribution < 1.29 is 4.79 Å². The highest BCUT2D eigenvalue weighted by Crippen LogP contribution is 2.23. The van der Waals surface area contributed by atoms with Gasteiger partial charge in [0, 0.05) is 68.2 Å². The van der Waals surface area contributed by atoms with E-state index in [0.717, 1.165) is 66.2 Å². The van der Waals surface area contributed by atoms with Crippen LogP contribution in [-0.2, 0) is 11.2 Å². The summed E-state index contributed by atoms with van der Waals surface area (Å²) in [5, 5.41) is 8.88. The van der Waals surface area contributed by atoms with E-state index in [0.29, 0.717) is 19.4 Å². The van der Waals surface area contributed by atoms with Gasteiger partial charge in [-0.05, 0) is 50.1 Å². The van der Waals surface area contributed by atoms with Gasteiger partial charge < -0.3 is 10.2 Å². The van der Waals surface area contributed by atoms with Gasteiger partial charge in [-0.15, -0.1) is 0 Å². The number of carbonyl (C=O) groups is 1. The number of benzene rings is 2. The van der Waals surface area contributed by atoms with Crippen LogP contribution in [0.2, 0.25) is 0 Å². The molecule has 1 amide bonds. The van der Waals surface area contributed by atoms with Gasteiger partial charge in [0.15, 0.2) is 5.65 Å². The normalized spacial score (nSPS) is 14.7. The lowest BCUT2D eigenvalue weighted by Gasteiger charge is -2.36. The Hall–Kier alpha value is -3.45. The van der Waals surface area contributed by atoms with Gasteiger partial charge in [0.2, 0.25) is 5.91 Å². The maximum Gasteiger partial charge on any atom is 0.220 e. The van der Waals surface area contributed by atoms with E-state index in [2.05, 4.69) is 58.4 Å². The average molecular weight is 457 g/mol. The van der Waals surface area contributed by atoms with Gasteiger partial charge >= 0.3 is 0 Å². The number of nitrogens with one attached hydrogen (secondary N) is 1. The Bertz CT molecular complexity index is 1290. The smallest absolute Gasteiger partial charge is 0.220 e. The summed E-state index contributed by atoms with van der Waals surface area (Å²) in [7, 11) is 0. The molecule has 4 aromatic rings. The van der Waals surface area contributed by atoms with Gasteiger partial charge in [-0.1, -0.05) is 30.3 Å². The van der Waals surface area contributed by atoms with Crippen LogP contribution in [0.1, 0.15) is 23.4 Å². The molecule has 1 aliphatic rings. The molecule has 0 atom stereocenters. The van der Waals surface area contributed by atoms with E-state index >= 15 is 0 Å². The summed E-state index contributed by atoms with van der Waals surface area (Å²) in [5.74, 6) is 0.0902. The molecule has 0 bridgehead atoms. The molecule has 1 N–H and O–H groups in total. The molecule has 2 aromatic carbocycles. The maximum absolute atomic E-state index is 12.5. The number of hydrogen-bond donors (Lipinski definition) is 1. The molecule has 1 saturated heterocycles. The van der Waals surface area contributed by atoms with E-state index in [9.17, 15) is 4.79 Å². The Morgan fingerprint density at radius 1 is 0.971 bits per heavy atom. The molecule has 0 saturated carbocycles. The Kier molecular flexibility index (Phi) is 6.45. The molecule has 34 heavy (non-hydrogen) atoms. The molecule has 176 valence electrons. The minimum absolute atomic E-state index is 0.0902. The van der Waals surface area contributed by atoms with Crippen LogP contribution in [0, 0.1) is 13.8 Å². The van der Waals surface area contributed by atoms with Gasteiger partial charge in [-0.3, -0.25) is 9.69 Å². The number of anilines is 1. The highest BCUT2D eigenvalue weighted by atomic mass is 16.1. The van der Waals surface area contributed by atoms with Crippen molar-refractivity contribution in [3.8, 4) is 0 Å². The molecule has 3 heterocycles. The van der Waals surface area contributed by atoms with Crippen molar-refractivity contribution in [2.75, 3.05) is 44.2 Å². The highest BCUT2D eigenvalue weighted by molar-refractivity contribution is 5.92. The Morgan fingerprint density at radius 2 is 1.71 bits per heavy atom. The summed E-state index contributed by atoms with van der Waals surface area (Å²) < 4.78 is 1.92. The van der Waals surface area contributed by atoms with Crippen molar-refractivity contribution >= 4 is 28.1 Å². The van der Waals surface area contributed by atoms with Crippen molar-refractivity contribution in [1.29, 1.82) is 0 Å². The zero-order valence-corrected chi connectivity index (χ0v) is 20.0. The molecule has 0 spiro atoms. The van der Waals surface area contributed by atoms with Crippen molar-refractivity contribution in [1.82, 2.24) is 24.8 Å². The van der Waals surface area contributed by atoms with E-state index in [-0.39, 0.29) is 5.91 Å². The third-order valence-electron chi connectivity index (χ3n) is 6.86. The molecule has 0 unspecified atom stereocenters. The number of hydrogen-bond acceptors (Lipinski definition) is 5. The first-order valence-electron chi connectivity index (χ1n) is 12.1. The second-order valence-electron chi connectivity index (χ2n) is 9.03. The molecule has 7 nitrogen and oxygen atoms in total. The molecule has 1 fully saturated rings. The fourth-order valence-corrected chi connectivity index (χ4v) is 4.89. The molecule has 5 rings (SSSR count). The minimum atomic E-state index is 0.0902. The number of carbonyl (C=O) groups excluding carboxylic acids is 1. The number of fused-ring (bicyclic) bond motifs is 3. The quantitative estimate of drug-likeness (QED) is 0.462. The third kappa shape index (κ3) is 4.61. The maximum atomic E-state index is 12.5. The van der Waals surface area contributed by atoms with Crippen LogP contribution < -0.4 is 10.2 Å². The van der Waals surface area contributed by atoms with Crippen LogP contribution in [0.15, 0.2) is 54.6 Å². The first kappa shape index (κ1) is 22.3. The van der Waals surface area contributed by atoms with Gasteiger partial charge in [0.25, 0.3) is 0 Å². The lowest BCUT2D eigenvalue weighted by atomic mass is 10.1. The number of amides is 1. The summed E-state index contributed by atoms with van der Waals surface area (Å²) in [5.41, 5.74) is 6.25. The summed E-state index contributed by atoms with van der Waals surface area (Å²) in [6, 6.07) is 18.6. The molecule has 2 aromatic heterocycles. The standard InChI is InChI=1S/C27H32N6O/c1-20-23(21(2)33-27(29-20)24-10-6-7-11-25(24)30-33)12-13-26(34)28-14-15-31-16-18-32(19-17-31)22-8-4-3-5-9-22/h3-11H,12-19H2,1-2H3,(H,28,34). The van der Waals surface area contributed by atoms with Crippen LogP contribution >= 0.6 is 0 Å². The van der Waals surface area contributed by atoms with E-state index < -0.39 is 0 Å². The summed E-state index contributed by atoms with van der Waals surface area (Å²) in [6.45, 7) is 9.75. The van der Waals surface area contributed by atoms with Crippen LogP contribution in [-0.4, -0.2) is 64.7 Å². The van der Waals surface area contributed by atoms with Crippen molar-refractivity contribution in [2.24, 2.45) is 0 Å². The SMILES string of the molecule is Cc1nc2c3ccccc3nn2c(C)c1CCC(=O)NCCN1CCN(c2ccccc2)CC1. The Morgan fingerprint density at radius 3 is 2.50 bits per heavy atom. The van der Waals surface area contributed by atoms with Gasteiger partial charge in [0.1, 0.15) is 0 Å². The van der Waals surface area contributed by atoms with Crippen molar-refractivity contribution in [2.45, 2.75) is 26.7 Å². The monoisotopic (exact) mass is 456 g/mol. The molecular weight excluding hydrogens is 424 g/mol. The first-order valence-corrected chi connectivity index (χ1v) is 12.1. The summed E-state index contributed by atoms with van der Waals surface area (Å²) in [4.78, 5) is 22.2. The minimum Gasteiger partial charge on any atom is -0.369 e. The lowest BCUT2D eigenvalue weighted by molar-refractivity contribution is -0.121. The number of nitrogens with zero attached hydrogens (tertiary/aromatic N) is 5. The van der Waals surface area contributed by atoms with Crippen LogP contribution in [0.3, 0.4) is 0 Å². The zero-order valence-electron chi connectivity index (χ0n) is 20.0. The van der Waals surface area contributed by atoms with E-state index in [1.54, 1.807) is 0 Å². The second-order valence-corrected chi connectivity index (χ2v) is 9.03. The number of aryl methyl sites for hydroxylation is 2. The molecule has 0 aliphatic carbocycles. The molecule has 1 aliphatic heterocycles. The van der Waals surface area contributed by atoms with Crippen LogP contribution in [0.5, 0.6) is 0 Å². The highest BCUT2D eigenvalue weighted by Gasteiger charge is 2.18. The zero-order chi connectivity index (χ0) is 23.5. The largest absolute Gasteiger partial charge is 0.369 e. The van der Waals surface area contributed by atoms with Gasteiger partial charge in [0.05, 0.1) is 5.52 Å². The van der Waals surface area contributed by atoms with Gasteiger partial charge in [-0.25, -0.2) is 9.50 Å². The molecule has 0 radical (unpaired) electrons. The number of aromatic nitrogens is 3. The number of para-hydroxylation sites is 1. The van der Waals surface area contributed by atoms with E-state index in [4.69, 9.17) is 10.1 Å². The molecule has 7 heteroatoms. The first-order chi connectivity index (χ1) is 16.6. The van der Waals surface area contributed by atoms with Gasteiger partial charge in [-0.2, -0.15) is 5.10 Å². The van der Waals surface area contributed by atoms with Crippen molar-refractivity contribution in [3.63, 3.8) is 0 Å². The van der Waals surface area contributed by atoms with Crippen molar-refractivity contribution in [3.05, 3.63) is 71.5 Å². The van der Waals surface area contributed by atoms with Crippen LogP contribution in [0.25, 0.3) is 16.6 Å². The fraction of sp³-hybridized carbons (Fsp3) is 0.370. The van der Waals surface area contributed by atoms with E-state index in [1.165, 1.54) is 5.69 Å². The van der Waals surface area contributed by atoms with E-state index in [1.807, 2.05) is 29.6 Å². The average Bonchev–Trinajstić information content (AvgIpc) is 3.24. The topological polar surface area (TPSA) is 65.8 Å². The number of rotatable bonds is 7. The third-order valence-corrected chi connectivity index (χ3v) is 6.86. The predicted octanol–water partition coefficient (Wildman–Crippen LogP) is 3.37. The fourth-order valence-electron chi connectivity index (χ4n) is 4.89. The predicted molar refractivity (Wildman–Crippen MR) is 136 cm³/mol. The lowest BCUT2D eigenvalue weighted by Crippen LogP contribution is -2.48. The summed E-state index contributed by atoms with van der Waals surface area (Å²) >= 11 is 0. The summed E-state index contributed by atoms with van der Waals surface area (Å²) in [6.07, 6.45) is 1.12. The van der Waals surface area contributed by atoms with Crippen LogP contribution in [0.4, 0.5) is 5.69 Å². The molecular formula is C27H32N6O. The number of piperazine rings is 1. The second kappa shape index (κ2) is 9.81.